The molecule has 0 aliphatic carbocycles. The Kier molecular flexibility index (Phi) is 6.46. The molecular weight excluding hydrogens is 452 g/mol. The van der Waals surface area contributed by atoms with Crippen LogP contribution in [0, 0.1) is 0 Å². The van der Waals surface area contributed by atoms with Gasteiger partial charge >= 0.3 is 0 Å². The fourth-order valence-electron chi connectivity index (χ4n) is 4.33. The molecule has 0 spiro atoms. The molecule has 9 heteroatoms. The highest BCUT2D eigenvalue weighted by atomic mass is 32.1. The van der Waals surface area contributed by atoms with Crippen molar-refractivity contribution in [1.82, 2.24) is 14.8 Å². The minimum absolute atomic E-state index is 0.0622. The Hall–Kier alpha value is -3.43. The molecule has 0 bridgehead atoms. The zero-order valence-electron chi connectivity index (χ0n) is 18.9. The molecule has 0 radical (unpaired) electrons. The van der Waals surface area contributed by atoms with Crippen LogP contribution in [0.2, 0.25) is 0 Å². The van der Waals surface area contributed by atoms with E-state index in [9.17, 15) is 9.59 Å². The Bertz CT molecular complexity index is 1150. The molecule has 1 fully saturated rings. The van der Waals surface area contributed by atoms with Crippen molar-refractivity contribution in [1.29, 1.82) is 0 Å². The quantitative estimate of drug-likeness (QED) is 0.542. The molecule has 2 aliphatic heterocycles. The van der Waals surface area contributed by atoms with Crippen molar-refractivity contribution in [2.75, 3.05) is 39.8 Å². The van der Waals surface area contributed by atoms with Crippen molar-refractivity contribution in [2.45, 2.75) is 12.5 Å². The zero-order chi connectivity index (χ0) is 23.5. The highest BCUT2D eigenvalue weighted by Gasteiger charge is 2.36. The summed E-state index contributed by atoms with van der Waals surface area (Å²) < 4.78 is 10.9. The van der Waals surface area contributed by atoms with Crippen LogP contribution < -0.4 is 4.74 Å². The van der Waals surface area contributed by atoms with E-state index < -0.39 is 0 Å². The molecule has 2 aromatic heterocycles. The summed E-state index contributed by atoms with van der Waals surface area (Å²) in [5.74, 6) is 1.47. The lowest BCUT2D eigenvalue weighted by molar-refractivity contribution is -0.134. The van der Waals surface area contributed by atoms with Gasteiger partial charge in [-0.05, 0) is 53.4 Å². The SMILES string of the molecule is COc1ccc(C2=NN(C(=O)CN3CCN(C(=O)c4cccs4)CC3)C(c3ccco3)C2)cc1. The molecule has 0 N–H and O–H groups in total. The van der Waals surface area contributed by atoms with Crippen molar-refractivity contribution in [3.63, 3.8) is 0 Å². The minimum atomic E-state index is -0.277. The Balaban J connectivity index is 1.26. The van der Waals surface area contributed by atoms with Gasteiger partial charge in [0, 0.05) is 32.6 Å². The van der Waals surface area contributed by atoms with Crippen LogP contribution in [-0.4, -0.2) is 72.2 Å². The van der Waals surface area contributed by atoms with E-state index in [1.165, 1.54) is 11.3 Å². The van der Waals surface area contributed by atoms with Crippen LogP contribution in [0.15, 0.2) is 69.7 Å². The third-order valence-corrected chi connectivity index (χ3v) is 7.07. The molecule has 2 amide bonds. The summed E-state index contributed by atoms with van der Waals surface area (Å²) in [6.07, 6.45) is 2.20. The molecule has 1 aromatic carbocycles. The monoisotopic (exact) mass is 478 g/mol. The molecular formula is C25H26N4O4S. The van der Waals surface area contributed by atoms with Crippen molar-refractivity contribution in [3.8, 4) is 5.75 Å². The standard InChI is InChI=1S/C25H26N4O4S/c1-32-19-8-6-18(7-9-19)20-16-21(22-4-2-14-33-22)29(26-20)24(30)17-27-10-12-28(13-11-27)25(31)23-5-3-15-34-23/h2-9,14-15,21H,10-13,16-17H2,1H3. The smallest absolute Gasteiger partial charge is 0.264 e. The van der Waals surface area contributed by atoms with Crippen molar-refractivity contribution in [3.05, 3.63) is 76.4 Å². The average Bonchev–Trinajstić information content (AvgIpc) is 3.65. The van der Waals surface area contributed by atoms with Gasteiger partial charge in [0.25, 0.3) is 11.8 Å². The molecule has 4 heterocycles. The topological polar surface area (TPSA) is 78.6 Å². The maximum atomic E-state index is 13.3. The average molecular weight is 479 g/mol. The van der Waals surface area contributed by atoms with Gasteiger partial charge in [-0.1, -0.05) is 6.07 Å². The summed E-state index contributed by atoms with van der Waals surface area (Å²) in [5.41, 5.74) is 1.79. The van der Waals surface area contributed by atoms with Gasteiger partial charge in [-0.2, -0.15) is 5.10 Å². The van der Waals surface area contributed by atoms with Crippen LogP contribution in [0.5, 0.6) is 5.75 Å². The van der Waals surface area contributed by atoms with E-state index in [1.807, 2.05) is 58.8 Å². The summed E-state index contributed by atoms with van der Waals surface area (Å²) in [6, 6.07) is 14.9. The van der Waals surface area contributed by atoms with Gasteiger partial charge in [-0.25, -0.2) is 5.01 Å². The highest BCUT2D eigenvalue weighted by Crippen LogP contribution is 2.33. The molecule has 1 saturated heterocycles. The fraction of sp³-hybridized carbons (Fsp3) is 0.320. The lowest BCUT2D eigenvalue weighted by atomic mass is 10.0. The van der Waals surface area contributed by atoms with Crippen molar-refractivity contribution >= 4 is 28.9 Å². The Labute approximate surface area is 202 Å². The van der Waals surface area contributed by atoms with E-state index in [4.69, 9.17) is 14.3 Å². The van der Waals surface area contributed by atoms with Crippen LogP contribution >= 0.6 is 11.3 Å². The van der Waals surface area contributed by atoms with Gasteiger partial charge in [-0.3, -0.25) is 14.5 Å². The Morgan fingerprint density at radius 3 is 2.53 bits per heavy atom. The van der Waals surface area contributed by atoms with Crippen LogP contribution in [0.1, 0.15) is 33.5 Å². The van der Waals surface area contributed by atoms with Gasteiger partial charge in [0.1, 0.15) is 17.6 Å². The number of carbonyl (C=O) groups is 2. The van der Waals surface area contributed by atoms with Crippen LogP contribution in [0.4, 0.5) is 0 Å². The first-order valence-electron chi connectivity index (χ1n) is 11.2. The second kappa shape index (κ2) is 9.82. The number of carbonyl (C=O) groups excluding carboxylic acids is 2. The lowest BCUT2D eigenvalue weighted by Crippen LogP contribution is -2.51. The molecule has 1 atom stereocenters. The maximum Gasteiger partial charge on any atom is 0.264 e. The number of methoxy groups -OCH3 is 1. The molecule has 3 aromatic rings. The number of hydrazone groups is 1. The summed E-state index contributed by atoms with van der Waals surface area (Å²) in [5, 5.41) is 8.17. The van der Waals surface area contributed by atoms with Gasteiger partial charge in [0.15, 0.2) is 0 Å². The number of rotatable bonds is 6. The van der Waals surface area contributed by atoms with Crippen LogP contribution in [0.25, 0.3) is 0 Å². The first-order chi connectivity index (χ1) is 16.6. The third-order valence-electron chi connectivity index (χ3n) is 6.21. The van der Waals surface area contributed by atoms with E-state index in [2.05, 4.69) is 4.90 Å². The van der Waals surface area contributed by atoms with Gasteiger partial charge in [-0.15, -0.1) is 11.3 Å². The summed E-state index contributed by atoms with van der Waals surface area (Å²) >= 11 is 1.46. The van der Waals surface area contributed by atoms with Crippen LogP contribution in [0.3, 0.4) is 0 Å². The summed E-state index contributed by atoms with van der Waals surface area (Å²) in [7, 11) is 1.63. The predicted molar refractivity (Wildman–Crippen MR) is 129 cm³/mol. The number of benzene rings is 1. The molecule has 1 unspecified atom stereocenters. The third kappa shape index (κ3) is 4.62. The van der Waals surface area contributed by atoms with E-state index in [1.54, 1.807) is 18.4 Å². The number of piperazine rings is 1. The first kappa shape index (κ1) is 22.4. The van der Waals surface area contributed by atoms with Gasteiger partial charge in [0.2, 0.25) is 0 Å². The molecule has 0 saturated carbocycles. The lowest BCUT2D eigenvalue weighted by Gasteiger charge is -2.34. The second-order valence-electron chi connectivity index (χ2n) is 8.29. The van der Waals surface area contributed by atoms with Gasteiger partial charge in [0.05, 0.1) is 30.5 Å². The van der Waals surface area contributed by atoms with E-state index >= 15 is 0 Å². The molecule has 2 aliphatic rings. The number of thiophene rings is 1. The maximum absolute atomic E-state index is 13.3. The molecule has 34 heavy (non-hydrogen) atoms. The normalized spacial score (nSPS) is 18.7. The number of furan rings is 1. The largest absolute Gasteiger partial charge is 0.497 e. The van der Waals surface area contributed by atoms with Gasteiger partial charge < -0.3 is 14.1 Å². The molecule has 176 valence electrons. The van der Waals surface area contributed by atoms with Crippen molar-refractivity contribution in [2.24, 2.45) is 5.10 Å². The number of hydrogen-bond acceptors (Lipinski definition) is 7. The van der Waals surface area contributed by atoms with Crippen LogP contribution in [-0.2, 0) is 4.79 Å². The van der Waals surface area contributed by atoms with E-state index in [-0.39, 0.29) is 24.4 Å². The zero-order valence-corrected chi connectivity index (χ0v) is 19.7. The molecule has 5 rings (SSSR count). The highest BCUT2D eigenvalue weighted by molar-refractivity contribution is 7.12. The number of ether oxygens (including phenoxy) is 1. The molecule has 8 nitrogen and oxygen atoms in total. The second-order valence-corrected chi connectivity index (χ2v) is 9.24. The summed E-state index contributed by atoms with van der Waals surface area (Å²) in [4.78, 5) is 30.6. The number of nitrogens with zero attached hydrogens (tertiary/aromatic N) is 4. The Morgan fingerprint density at radius 2 is 1.88 bits per heavy atom. The Morgan fingerprint density at radius 1 is 1.09 bits per heavy atom. The van der Waals surface area contributed by atoms with Crippen molar-refractivity contribution < 1.29 is 18.7 Å². The first-order valence-corrected chi connectivity index (χ1v) is 12.1. The number of amides is 2. The minimum Gasteiger partial charge on any atom is -0.497 e. The summed E-state index contributed by atoms with van der Waals surface area (Å²) in [6.45, 7) is 2.75. The predicted octanol–water partition coefficient (Wildman–Crippen LogP) is 3.49. The van der Waals surface area contributed by atoms with E-state index in [0.717, 1.165) is 21.9 Å². The fourth-order valence-corrected chi connectivity index (χ4v) is 5.02. The van der Waals surface area contributed by atoms with E-state index in [0.29, 0.717) is 38.4 Å². The number of hydrogen-bond donors (Lipinski definition) is 0.